The Morgan fingerprint density at radius 3 is 1.83 bits per heavy atom. The summed E-state index contributed by atoms with van der Waals surface area (Å²) in [6.07, 6.45) is 0.990. The van der Waals surface area contributed by atoms with Crippen LogP contribution in [0.3, 0.4) is 0 Å². The lowest BCUT2D eigenvalue weighted by molar-refractivity contribution is -0.145. The fourth-order valence-corrected chi connectivity index (χ4v) is 6.23. The first-order valence-corrected chi connectivity index (χ1v) is 19.7. The van der Waals surface area contributed by atoms with Gasteiger partial charge in [-0.3, -0.25) is 14.4 Å². The molecular weight excluding hydrogens is 767 g/mol. The molecule has 0 aliphatic carbocycles. The number of para-hydroxylation sites is 1. The van der Waals surface area contributed by atoms with Crippen molar-refractivity contribution < 1.29 is 42.9 Å². The first-order valence-electron chi connectivity index (χ1n) is 19.7. The maximum Gasteiger partial charge on any atom is 0.408 e. The van der Waals surface area contributed by atoms with Gasteiger partial charge >= 0.3 is 12.1 Å². The summed E-state index contributed by atoms with van der Waals surface area (Å²) >= 11 is 0. The zero-order valence-electron chi connectivity index (χ0n) is 34.5. The van der Waals surface area contributed by atoms with Gasteiger partial charge in [0.2, 0.25) is 17.7 Å². The minimum Gasteiger partial charge on any atom is -0.489 e. The molecule has 4 atom stereocenters. The van der Waals surface area contributed by atoms with Gasteiger partial charge in [-0.1, -0.05) is 91.0 Å². The monoisotopic (exact) mass is 819 g/mol. The Balaban J connectivity index is 1.41. The van der Waals surface area contributed by atoms with Crippen molar-refractivity contribution in [3.8, 4) is 5.75 Å². The van der Waals surface area contributed by atoms with Crippen molar-refractivity contribution >= 4 is 40.7 Å². The molecule has 0 radical (unpaired) electrons. The second-order valence-corrected chi connectivity index (χ2v) is 15.3. The highest BCUT2D eigenvalue weighted by Crippen LogP contribution is 2.20. The third-order valence-corrected chi connectivity index (χ3v) is 9.29. The van der Waals surface area contributed by atoms with Crippen molar-refractivity contribution in [3.05, 3.63) is 138 Å². The molecule has 0 fully saturated rings. The quantitative estimate of drug-likeness (QED) is 0.0691. The number of benzene rings is 4. The largest absolute Gasteiger partial charge is 0.489 e. The summed E-state index contributed by atoms with van der Waals surface area (Å²) in [6.45, 7) is 6.81. The molecule has 0 bridgehead atoms. The molecule has 14 heteroatoms. The summed E-state index contributed by atoms with van der Waals surface area (Å²) < 4.78 is 22.1. The molecule has 316 valence electrons. The van der Waals surface area contributed by atoms with Crippen LogP contribution in [0.2, 0.25) is 0 Å². The second kappa shape index (κ2) is 21.4. The maximum absolute atomic E-state index is 14.4. The lowest BCUT2D eigenvalue weighted by Crippen LogP contribution is -2.59. The minimum atomic E-state index is -1.29. The third-order valence-electron chi connectivity index (χ3n) is 9.29. The third kappa shape index (κ3) is 13.7. The lowest BCUT2D eigenvalue weighted by atomic mass is 10.0. The number of alkyl carbamates (subject to hydrolysis) is 1. The van der Waals surface area contributed by atoms with Crippen molar-refractivity contribution in [1.29, 1.82) is 0 Å². The standard InChI is InChI=1S/C46H53N5O9/c1-30(44(55)57-5)48-43(54)40(29-58-27-32-14-8-6-9-15-32)50-41(52)38(24-31-20-22-35(23-21-31)59-28-33-16-10-7-11-17-33)49-42(53)39(51-45(56)60-46(2,3)4)25-34-26-47-37-19-13-12-18-36(34)37/h6-23,26,30,38-40,47H,24-25,27-29H2,1-5H3,(H,48,54)(H,49,53)(H,50,52)(H,51,56)/t30-,38+,39+,40+/m1/s1. The van der Waals surface area contributed by atoms with Crippen molar-refractivity contribution in [2.75, 3.05) is 13.7 Å². The number of esters is 1. The van der Waals surface area contributed by atoms with E-state index in [1.807, 2.05) is 84.9 Å². The van der Waals surface area contributed by atoms with Crippen LogP contribution in [0.15, 0.2) is 115 Å². The number of fused-ring (bicyclic) bond motifs is 1. The van der Waals surface area contributed by atoms with Gasteiger partial charge in [-0.2, -0.15) is 0 Å². The smallest absolute Gasteiger partial charge is 0.408 e. The number of amides is 4. The Morgan fingerprint density at radius 2 is 1.20 bits per heavy atom. The van der Waals surface area contributed by atoms with E-state index in [0.717, 1.165) is 27.6 Å². The normalized spacial score (nSPS) is 13.2. The molecule has 14 nitrogen and oxygen atoms in total. The fourth-order valence-electron chi connectivity index (χ4n) is 6.23. The number of ether oxygens (including phenoxy) is 4. The summed E-state index contributed by atoms with van der Waals surface area (Å²) in [5.41, 5.74) is 3.24. The van der Waals surface area contributed by atoms with Crippen LogP contribution in [-0.4, -0.2) is 78.3 Å². The van der Waals surface area contributed by atoms with Gasteiger partial charge in [-0.25, -0.2) is 9.59 Å². The van der Waals surface area contributed by atoms with Crippen LogP contribution in [0.25, 0.3) is 10.9 Å². The van der Waals surface area contributed by atoms with Crippen LogP contribution in [0, 0.1) is 0 Å². The number of aromatic nitrogens is 1. The van der Waals surface area contributed by atoms with E-state index in [4.69, 9.17) is 18.9 Å². The Labute approximate surface area is 349 Å². The second-order valence-electron chi connectivity index (χ2n) is 15.3. The van der Waals surface area contributed by atoms with Crippen LogP contribution in [0.1, 0.15) is 49.9 Å². The number of methoxy groups -OCH3 is 1. The van der Waals surface area contributed by atoms with Gasteiger partial charge in [0.25, 0.3) is 0 Å². The number of nitrogens with one attached hydrogen (secondary N) is 5. The molecule has 0 spiro atoms. The summed E-state index contributed by atoms with van der Waals surface area (Å²) in [4.78, 5) is 70.8. The first kappa shape index (κ1) is 44.4. The predicted molar refractivity (Wildman–Crippen MR) is 226 cm³/mol. The van der Waals surface area contributed by atoms with E-state index in [2.05, 4.69) is 26.3 Å². The zero-order valence-corrected chi connectivity index (χ0v) is 34.5. The zero-order chi connectivity index (χ0) is 43.1. The molecule has 0 unspecified atom stereocenters. The average Bonchev–Trinajstić information content (AvgIpc) is 3.64. The van der Waals surface area contributed by atoms with E-state index in [1.165, 1.54) is 14.0 Å². The molecule has 0 saturated carbocycles. The number of H-pyrrole nitrogens is 1. The lowest BCUT2D eigenvalue weighted by Gasteiger charge is -2.27. The van der Waals surface area contributed by atoms with E-state index in [9.17, 15) is 24.0 Å². The molecule has 0 aliphatic rings. The predicted octanol–water partition coefficient (Wildman–Crippen LogP) is 5.29. The van der Waals surface area contributed by atoms with Crippen LogP contribution in [0.5, 0.6) is 5.75 Å². The summed E-state index contributed by atoms with van der Waals surface area (Å²) in [5.74, 6) is -2.18. The number of hydrogen-bond donors (Lipinski definition) is 5. The van der Waals surface area contributed by atoms with Crippen LogP contribution < -0.4 is 26.0 Å². The van der Waals surface area contributed by atoms with Gasteiger partial charge in [0, 0.05) is 29.9 Å². The van der Waals surface area contributed by atoms with Crippen LogP contribution in [-0.2, 0) is 59.4 Å². The number of hydrogen-bond acceptors (Lipinski definition) is 9. The van der Waals surface area contributed by atoms with E-state index < -0.39 is 59.6 Å². The molecule has 4 amide bonds. The highest BCUT2D eigenvalue weighted by molar-refractivity contribution is 5.95. The topological polar surface area (TPSA) is 186 Å². The van der Waals surface area contributed by atoms with Gasteiger partial charge < -0.3 is 45.2 Å². The highest BCUT2D eigenvalue weighted by Gasteiger charge is 2.32. The number of rotatable bonds is 19. The van der Waals surface area contributed by atoms with Crippen LogP contribution >= 0.6 is 0 Å². The van der Waals surface area contributed by atoms with Crippen molar-refractivity contribution in [2.24, 2.45) is 0 Å². The van der Waals surface area contributed by atoms with Gasteiger partial charge in [0.05, 0.1) is 20.3 Å². The van der Waals surface area contributed by atoms with Crippen LogP contribution in [0.4, 0.5) is 4.79 Å². The number of carbonyl (C=O) groups is 5. The van der Waals surface area contributed by atoms with E-state index >= 15 is 0 Å². The molecule has 0 saturated heterocycles. The van der Waals surface area contributed by atoms with Crippen molar-refractivity contribution in [2.45, 2.75) is 83.5 Å². The van der Waals surface area contributed by atoms with E-state index in [-0.39, 0.29) is 26.1 Å². The number of carbonyl (C=O) groups excluding carboxylic acids is 5. The Morgan fingerprint density at radius 1 is 0.633 bits per heavy atom. The summed E-state index contributed by atoms with van der Waals surface area (Å²) in [5, 5.41) is 11.7. The minimum absolute atomic E-state index is 0.0133. The van der Waals surface area contributed by atoms with E-state index in [0.29, 0.717) is 17.9 Å². The molecule has 4 aromatic carbocycles. The Hall–Kier alpha value is -6.67. The molecule has 5 rings (SSSR count). The molecule has 5 N–H and O–H groups in total. The van der Waals surface area contributed by atoms with Crippen molar-refractivity contribution in [1.82, 2.24) is 26.3 Å². The summed E-state index contributed by atoms with van der Waals surface area (Å²) in [7, 11) is 1.20. The van der Waals surface area contributed by atoms with Gasteiger partial charge in [0.15, 0.2) is 0 Å². The average molecular weight is 820 g/mol. The highest BCUT2D eigenvalue weighted by atomic mass is 16.6. The molecule has 1 aromatic heterocycles. The maximum atomic E-state index is 14.4. The molecule has 60 heavy (non-hydrogen) atoms. The van der Waals surface area contributed by atoms with Gasteiger partial charge in [-0.05, 0) is 68.1 Å². The van der Waals surface area contributed by atoms with Gasteiger partial charge in [-0.15, -0.1) is 0 Å². The SMILES string of the molecule is COC(=O)[C@@H](C)NC(=O)[C@H](COCc1ccccc1)NC(=O)[C@H](Cc1ccc(OCc2ccccc2)cc1)NC(=O)[C@H](Cc1c[nH]c2ccccc12)NC(=O)OC(C)(C)C. The fraction of sp³-hybridized carbons (Fsp3) is 0.326. The molecule has 1 heterocycles. The molecule has 5 aromatic rings. The Kier molecular flexibility index (Phi) is 15.8. The van der Waals surface area contributed by atoms with E-state index in [1.54, 1.807) is 51.2 Å². The summed E-state index contributed by atoms with van der Waals surface area (Å²) in [6, 6.07) is 28.9. The van der Waals surface area contributed by atoms with Crippen molar-refractivity contribution in [3.63, 3.8) is 0 Å². The first-order chi connectivity index (χ1) is 28.8. The molecule has 0 aliphatic heterocycles. The number of aromatic amines is 1. The Bertz CT molecular complexity index is 2190. The van der Waals surface area contributed by atoms with Gasteiger partial charge in [0.1, 0.15) is 42.1 Å². The molecular formula is C46H53N5O9.